The Bertz CT molecular complexity index is 644. The Morgan fingerprint density at radius 2 is 2.27 bits per heavy atom. The number of ether oxygens (including phenoxy) is 1. The molecule has 0 spiro atoms. The smallest absolute Gasteiger partial charge is 0.189 e. The molecule has 0 saturated heterocycles. The molecule has 22 heavy (non-hydrogen) atoms. The van der Waals surface area contributed by atoms with Crippen LogP contribution in [-0.2, 0) is 6.42 Å². The number of nitrogens with zero attached hydrogens (tertiary/aromatic N) is 3. The largest absolute Gasteiger partial charge is 0.493 e. The van der Waals surface area contributed by atoms with E-state index < -0.39 is 0 Å². The summed E-state index contributed by atoms with van der Waals surface area (Å²) in [5.74, 6) is 1.37. The van der Waals surface area contributed by atoms with Crippen molar-refractivity contribution in [2.24, 2.45) is 10.7 Å². The van der Waals surface area contributed by atoms with E-state index in [0.717, 1.165) is 29.8 Å². The SMILES string of the molecule is NC(=NCCc1cnccn1)NC1CCOc2ccccc21. The molecule has 0 radical (unpaired) electrons. The van der Waals surface area contributed by atoms with Crippen molar-refractivity contribution in [3.05, 3.63) is 54.1 Å². The first-order valence-electron chi connectivity index (χ1n) is 7.36. The van der Waals surface area contributed by atoms with E-state index >= 15 is 0 Å². The number of hydrogen-bond donors (Lipinski definition) is 2. The number of rotatable bonds is 4. The summed E-state index contributed by atoms with van der Waals surface area (Å²) < 4.78 is 5.64. The molecular formula is C16H19N5O. The Labute approximate surface area is 129 Å². The van der Waals surface area contributed by atoms with Crippen molar-refractivity contribution in [3.63, 3.8) is 0 Å². The van der Waals surface area contributed by atoms with E-state index in [4.69, 9.17) is 10.5 Å². The third-order valence-corrected chi connectivity index (χ3v) is 3.55. The van der Waals surface area contributed by atoms with Crippen molar-refractivity contribution in [2.45, 2.75) is 18.9 Å². The molecule has 3 rings (SSSR count). The first-order chi connectivity index (χ1) is 10.8. The van der Waals surface area contributed by atoms with Gasteiger partial charge in [-0.15, -0.1) is 0 Å². The average Bonchev–Trinajstić information content (AvgIpc) is 2.56. The van der Waals surface area contributed by atoms with Crippen molar-refractivity contribution in [1.29, 1.82) is 0 Å². The zero-order chi connectivity index (χ0) is 15.2. The van der Waals surface area contributed by atoms with Crippen LogP contribution in [-0.4, -0.2) is 29.1 Å². The Morgan fingerprint density at radius 3 is 3.14 bits per heavy atom. The number of nitrogens with one attached hydrogen (secondary N) is 1. The van der Waals surface area contributed by atoms with Crippen LogP contribution in [0.4, 0.5) is 0 Å². The average molecular weight is 297 g/mol. The molecule has 3 N–H and O–H groups in total. The normalized spacial score (nSPS) is 17.5. The van der Waals surface area contributed by atoms with Crippen molar-refractivity contribution in [2.75, 3.05) is 13.2 Å². The van der Waals surface area contributed by atoms with E-state index in [0.29, 0.717) is 19.1 Å². The maximum atomic E-state index is 5.99. The van der Waals surface area contributed by atoms with Crippen LogP contribution in [0.15, 0.2) is 47.8 Å². The molecule has 0 fully saturated rings. The van der Waals surface area contributed by atoms with Gasteiger partial charge >= 0.3 is 0 Å². The van der Waals surface area contributed by atoms with Gasteiger partial charge in [-0.1, -0.05) is 18.2 Å². The van der Waals surface area contributed by atoms with E-state index in [1.165, 1.54) is 0 Å². The van der Waals surface area contributed by atoms with E-state index in [9.17, 15) is 0 Å². The summed E-state index contributed by atoms with van der Waals surface area (Å²) in [6.45, 7) is 1.27. The molecule has 0 bridgehead atoms. The number of nitrogens with two attached hydrogens (primary N) is 1. The second-order valence-corrected chi connectivity index (χ2v) is 5.09. The van der Waals surface area contributed by atoms with Gasteiger partial charge in [-0.25, -0.2) is 0 Å². The molecule has 1 aromatic heterocycles. The van der Waals surface area contributed by atoms with Crippen LogP contribution in [0.5, 0.6) is 5.75 Å². The monoisotopic (exact) mass is 297 g/mol. The zero-order valence-corrected chi connectivity index (χ0v) is 12.3. The summed E-state index contributed by atoms with van der Waals surface area (Å²) in [6, 6.07) is 8.15. The van der Waals surface area contributed by atoms with E-state index in [1.54, 1.807) is 18.6 Å². The minimum atomic E-state index is 0.144. The van der Waals surface area contributed by atoms with Gasteiger partial charge in [0.1, 0.15) is 5.75 Å². The fourth-order valence-corrected chi connectivity index (χ4v) is 2.47. The Balaban J connectivity index is 1.58. The number of para-hydroxylation sites is 1. The molecule has 0 saturated carbocycles. The Hall–Kier alpha value is -2.63. The van der Waals surface area contributed by atoms with Crippen LogP contribution in [0, 0.1) is 0 Å². The van der Waals surface area contributed by atoms with Gasteiger partial charge in [-0.05, 0) is 6.07 Å². The standard InChI is InChI=1S/C16H19N5O/c17-16(20-7-5-12-11-18-8-9-19-12)21-14-6-10-22-15-4-2-1-3-13(14)15/h1-4,8-9,11,14H,5-7,10H2,(H3,17,20,21). The predicted molar refractivity (Wildman–Crippen MR) is 84.7 cm³/mol. The summed E-state index contributed by atoms with van der Waals surface area (Å²) in [5.41, 5.74) is 8.03. The molecule has 6 nitrogen and oxygen atoms in total. The summed E-state index contributed by atoms with van der Waals surface area (Å²) >= 11 is 0. The maximum absolute atomic E-state index is 5.99. The lowest BCUT2D eigenvalue weighted by Gasteiger charge is -2.26. The molecule has 1 aliphatic heterocycles. The van der Waals surface area contributed by atoms with E-state index in [1.807, 2.05) is 18.2 Å². The van der Waals surface area contributed by atoms with Gasteiger partial charge in [0, 0.05) is 43.5 Å². The highest BCUT2D eigenvalue weighted by molar-refractivity contribution is 5.78. The molecule has 0 aliphatic carbocycles. The lowest BCUT2D eigenvalue weighted by Crippen LogP contribution is -2.37. The number of benzene rings is 1. The lowest BCUT2D eigenvalue weighted by molar-refractivity contribution is 0.262. The maximum Gasteiger partial charge on any atom is 0.189 e. The number of hydrogen-bond acceptors (Lipinski definition) is 4. The first kappa shape index (κ1) is 14.3. The van der Waals surface area contributed by atoms with Crippen molar-refractivity contribution < 1.29 is 4.74 Å². The van der Waals surface area contributed by atoms with Gasteiger partial charge in [0.15, 0.2) is 5.96 Å². The van der Waals surface area contributed by atoms with E-state index in [2.05, 4.69) is 26.3 Å². The zero-order valence-electron chi connectivity index (χ0n) is 12.3. The van der Waals surface area contributed by atoms with Crippen LogP contribution < -0.4 is 15.8 Å². The first-order valence-corrected chi connectivity index (χ1v) is 7.36. The molecule has 6 heteroatoms. The third-order valence-electron chi connectivity index (χ3n) is 3.55. The van der Waals surface area contributed by atoms with Gasteiger partial charge < -0.3 is 15.8 Å². The number of guanidine groups is 1. The summed E-state index contributed by atoms with van der Waals surface area (Å²) in [4.78, 5) is 12.6. The topological polar surface area (TPSA) is 85.4 Å². The molecule has 2 heterocycles. The Morgan fingerprint density at radius 1 is 1.36 bits per heavy atom. The highest BCUT2D eigenvalue weighted by Gasteiger charge is 2.21. The second kappa shape index (κ2) is 6.89. The van der Waals surface area contributed by atoms with Crippen LogP contribution in [0.1, 0.15) is 23.7 Å². The molecule has 1 aliphatic rings. The molecule has 2 aromatic rings. The fourth-order valence-electron chi connectivity index (χ4n) is 2.47. The third kappa shape index (κ3) is 3.52. The molecule has 0 amide bonds. The number of aromatic nitrogens is 2. The molecule has 1 aromatic carbocycles. The van der Waals surface area contributed by atoms with Gasteiger partial charge in [0.25, 0.3) is 0 Å². The van der Waals surface area contributed by atoms with Gasteiger partial charge in [-0.3, -0.25) is 15.0 Å². The van der Waals surface area contributed by atoms with Gasteiger partial charge in [0.2, 0.25) is 0 Å². The summed E-state index contributed by atoms with van der Waals surface area (Å²) in [7, 11) is 0. The highest BCUT2D eigenvalue weighted by Crippen LogP contribution is 2.31. The predicted octanol–water partition coefficient (Wildman–Crippen LogP) is 1.45. The van der Waals surface area contributed by atoms with Crippen molar-refractivity contribution in [3.8, 4) is 5.75 Å². The van der Waals surface area contributed by atoms with Gasteiger partial charge in [0.05, 0.1) is 18.3 Å². The van der Waals surface area contributed by atoms with Crippen LogP contribution in [0.25, 0.3) is 0 Å². The highest BCUT2D eigenvalue weighted by atomic mass is 16.5. The quantitative estimate of drug-likeness (QED) is 0.659. The summed E-state index contributed by atoms with van der Waals surface area (Å²) in [5, 5.41) is 3.27. The lowest BCUT2D eigenvalue weighted by atomic mass is 10.0. The molecular weight excluding hydrogens is 278 g/mol. The number of aliphatic imine (C=N–C) groups is 1. The number of fused-ring (bicyclic) bond motifs is 1. The van der Waals surface area contributed by atoms with Crippen molar-refractivity contribution >= 4 is 5.96 Å². The van der Waals surface area contributed by atoms with E-state index in [-0.39, 0.29) is 6.04 Å². The Kier molecular flexibility index (Phi) is 4.48. The minimum Gasteiger partial charge on any atom is -0.493 e. The molecule has 1 atom stereocenters. The molecule has 114 valence electrons. The fraction of sp³-hybridized carbons (Fsp3) is 0.312. The minimum absolute atomic E-state index is 0.144. The van der Waals surface area contributed by atoms with Crippen molar-refractivity contribution in [1.82, 2.24) is 15.3 Å². The second-order valence-electron chi connectivity index (χ2n) is 5.09. The van der Waals surface area contributed by atoms with Crippen LogP contribution >= 0.6 is 0 Å². The van der Waals surface area contributed by atoms with Gasteiger partial charge in [-0.2, -0.15) is 0 Å². The van der Waals surface area contributed by atoms with Crippen LogP contribution in [0.2, 0.25) is 0 Å². The van der Waals surface area contributed by atoms with Crippen LogP contribution in [0.3, 0.4) is 0 Å². The molecule has 1 unspecified atom stereocenters. The summed E-state index contributed by atoms with van der Waals surface area (Å²) in [6.07, 6.45) is 6.68.